The van der Waals surface area contributed by atoms with Gasteiger partial charge in [0.1, 0.15) is 18.2 Å². The van der Waals surface area contributed by atoms with E-state index in [9.17, 15) is 9.18 Å². The molecule has 1 aromatic heterocycles. The van der Waals surface area contributed by atoms with Crippen molar-refractivity contribution in [3.05, 3.63) is 48.3 Å². The summed E-state index contributed by atoms with van der Waals surface area (Å²) in [6.45, 7) is 4.21. The molecule has 0 fully saturated rings. The largest absolute Gasteiger partial charge is 0.325 e. The first kappa shape index (κ1) is 13.3. The molecule has 0 saturated heterocycles. The summed E-state index contributed by atoms with van der Waals surface area (Å²) in [5, 5.41) is 2.66. The van der Waals surface area contributed by atoms with E-state index in [0.29, 0.717) is 5.69 Å². The smallest absolute Gasteiger partial charge is 0.244 e. The van der Waals surface area contributed by atoms with Crippen LogP contribution in [-0.4, -0.2) is 15.5 Å². The number of hydrogen-bond donors (Lipinski definition) is 1. The van der Waals surface area contributed by atoms with Crippen LogP contribution < -0.4 is 5.32 Å². The molecule has 0 aliphatic rings. The molecule has 1 heterocycles. The molecule has 2 aromatic rings. The Hall–Kier alpha value is -2.17. The van der Waals surface area contributed by atoms with Gasteiger partial charge in [0, 0.05) is 24.0 Å². The molecule has 0 aliphatic heterocycles. The van der Waals surface area contributed by atoms with Crippen LogP contribution in [0.25, 0.3) is 0 Å². The number of rotatable bonds is 4. The van der Waals surface area contributed by atoms with Crippen molar-refractivity contribution in [3.63, 3.8) is 0 Å². The zero-order valence-electron chi connectivity index (χ0n) is 10.9. The van der Waals surface area contributed by atoms with E-state index >= 15 is 0 Å². The third kappa shape index (κ3) is 3.40. The van der Waals surface area contributed by atoms with Crippen molar-refractivity contribution in [3.8, 4) is 0 Å². The van der Waals surface area contributed by atoms with Gasteiger partial charge in [-0.3, -0.25) is 4.79 Å². The SMILES string of the molecule is CC(C)c1nccn1CC(=O)Nc1cccc(F)c1. The van der Waals surface area contributed by atoms with E-state index in [1.807, 2.05) is 13.8 Å². The number of imidazole rings is 1. The zero-order valence-corrected chi connectivity index (χ0v) is 10.9. The van der Waals surface area contributed by atoms with Crippen molar-refractivity contribution in [2.45, 2.75) is 26.3 Å². The molecule has 1 aromatic carbocycles. The van der Waals surface area contributed by atoms with E-state index in [0.717, 1.165) is 5.82 Å². The monoisotopic (exact) mass is 261 g/mol. The Labute approximate surface area is 111 Å². The van der Waals surface area contributed by atoms with Gasteiger partial charge in [-0.1, -0.05) is 19.9 Å². The molecule has 0 spiro atoms. The normalized spacial score (nSPS) is 10.7. The van der Waals surface area contributed by atoms with Crippen LogP contribution in [0.2, 0.25) is 0 Å². The van der Waals surface area contributed by atoms with Crippen molar-refractivity contribution >= 4 is 11.6 Å². The molecule has 19 heavy (non-hydrogen) atoms. The predicted molar refractivity (Wildman–Crippen MR) is 71.3 cm³/mol. The van der Waals surface area contributed by atoms with E-state index in [4.69, 9.17) is 0 Å². The lowest BCUT2D eigenvalue weighted by Crippen LogP contribution is -2.20. The van der Waals surface area contributed by atoms with Crippen LogP contribution in [0.3, 0.4) is 0 Å². The van der Waals surface area contributed by atoms with Gasteiger partial charge in [0.15, 0.2) is 0 Å². The fraction of sp³-hybridized carbons (Fsp3) is 0.286. The van der Waals surface area contributed by atoms with Crippen molar-refractivity contribution in [1.82, 2.24) is 9.55 Å². The van der Waals surface area contributed by atoms with Gasteiger partial charge >= 0.3 is 0 Å². The van der Waals surface area contributed by atoms with Crippen molar-refractivity contribution < 1.29 is 9.18 Å². The average molecular weight is 261 g/mol. The summed E-state index contributed by atoms with van der Waals surface area (Å²) in [6.07, 6.45) is 3.44. The van der Waals surface area contributed by atoms with E-state index < -0.39 is 0 Å². The van der Waals surface area contributed by atoms with Crippen LogP contribution >= 0.6 is 0 Å². The van der Waals surface area contributed by atoms with Crippen molar-refractivity contribution in [1.29, 1.82) is 0 Å². The van der Waals surface area contributed by atoms with Gasteiger partial charge in [0.05, 0.1) is 0 Å². The first-order valence-corrected chi connectivity index (χ1v) is 6.12. The standard InChI is InChI=1S/C14H16FN3O/c1-10(2)14-16-6-7-18(14)9-13(19)17-12-5-3-4-11(15)8-12/h3-8,10H,9H2,1-2H3,(H,17,19). The number of amides is 1. The highest BCUT2D eigenvalue weighted by Gasteiger charge is 2.10. The summed E-state index contributed by atoms with van der Waals surface area (Å²) in [4.78, 5) is 16.1. The van der Waals surface area contributed by atoms with Crippen LogP contribution in [0.4, 0.5) is 10.1 Å². The Balaban J connectivity index is 2.03. The third-order valence-corrected chi connectivity index (χ3v) is 2.69. The minimum Gasteiger partial charge on any atom is -0.325 e. The summed E-state index contributed by atoms with van der Waals surface area (Å²) in [6, 6.07) is 5.83. The van der Waals surface area contributed by atoms with Gasteiger partial charge < -0.3 is 9.88 Å². The molecule has 1 N–H and O–H groups in total. The minimum atomic E-state index is -0.372. The molecule has 0 atom stereocenters. The quantitative estimate of drug-likeness (QED) is 0.920. The molecule has 1 amide bonds. The Bertz CT molecular complexity index is 578. The summed E-state index contributed by atoms with van der Waals surface area (Å²) in [5.74, 6) is 0.528. The molecule has 0 unspecified atom stereocenters. The number of nitrogens with zero attached hydrogens (tertiary/aromatic N) is 2. The first-order valence-electron chi connectivity index (χ1n) is 6.12. The van der Waals surface area contributed by atoms with Gasteiger partial charge in [-0.25, -0.2) is 9.37 Å². The molecule has 0 saturated carbocycles. The van der Waals surface area contributed by atoms with E-state index in [1.54, 1.807) is 29.1 Å². The number of benzene rings is 1. The van der Waals surface area contributed by atoms with Crippen LogP contribution in [0.1, 0.15) is 25.6 Å². The second-order valence-electron chi connectivity index (χ2n) is 4.63. The molecule has 100 valence electrons. The third-order valence-electron chi connectivity index (χ3n) is 2.69. The van der Waals surface area contributed by atoms with Gasteiger partial charge in [-0.15, -0.1) is 0 Å². The van der Waals surface area contributed by atoms with E-state index in [2.05, 4.69) is 10.3 Å². The maximum atomic E-state index is 13.0. The van der Waals surface area contributed by atoms with Crippen molar-refractivity contribution in [2.24, 2.45) is 0 Å². The van der Waals surface area contributed by atoms with Crippen LogP contribution in [0, 0.1) is 5.82 Å². The van der Waals surface area contributed by atoms with Crippen molar-refractivity contribution in [2.75, 3.05) is 5.32 Å². The fourth-order valence-corrected chi connectivity index (χ4v) is 1.88. The molecule has 0 aliphatic carbocycles. The van der Waals surface area contributed by atoms with Gasteiger partial charge in [-0.2, -0.15) is 0 Å². The van der Waals surface area contributed by atoms with Gasteiger partial charge in [0.25, 0.3) is 0 Å². The predicted octanol–water partition coefficient (Wildman–Crippen LogP) is 2.78. The minimum absolute atomic E-state index is 0.171. The van der Waals surface area contributed by atoms with Crippen LogP contribution in [0.5, 0.6) is 0 Å². The topological polar surface area (TPSA) is 46.9 Å². The summed E-state index contributed by atoms with van der Waals surface area (Å²) in [5.41, 5.74) is 0.455. The fourth-order valence-electron chi connectivity index (χ4n) is 1.88. The number of anilines is 1. The number of carbonyl (C=O) groups excluding carboxylic acids is 1. The summed E-state index contributed by atoms with van der Waals surface area (Å²) >= 11 is 0. The number of aromatic nitrogens is 2. The van der Waals surface area contributed by atoms with Gasteiger partial charge in [-0.05, 0) is 18.2 Å². The summed E-state index contributed by atoms with van der Waals surface area (Å²) in [7, 11) is 0. The lowest BCUT2D eigenvalue weighted by atomic mass is 10.2. The van der Waals surface area contributed by atoms with E-state index in [1.165, 1.54) is 12.1 Å². The number of carbonyl (C=O) groups is 1. The molecular weight excluding hydrogens is 245 g/mol. The maximum Gasteiger partial charge on any atom is 0.244 e. The summed E-state index contributed by atoms with van der Waals surface area (Å²) < 4.78 is 14.8. The Morgan fingerprint density at radius 1 is 1.47 bits per heavy atom. The highest BCUT2D eigenvalue weighted by atomic mass is 19.1. The second-order valence-corrected chi connectivity index (χ2v) is 4.63. The second kappa shape index (κ2) is 5.65. The van der Waals surface area contributed by atoms with Gasteiger partial charge in [0.2, 0.25) is 5.91 Å². The van der Waals surface area contributed by atoms with E-state index in [-0.39, 0.29) is 24.2 Å². The number of hydrogen-bond acceptors (Lipinski definition) is 2. The molecule has 4 nitrogen and oxygen atoms in total. The Morgan fingerprint density at radius 2 is 2.26 bits per heavy atom. The highest BCUT2D eigenvalue weighted by Crippen LogP contribution is 2.13. The van der Waals surface area contributed by atoms with Crippen LogP contribution in [-0.2, 0) is 11.3 Å². The Morgan fingerprint density at radius 3 is 2.95 bits per heavy atom. The number of halogens is 1. The molecule has 5 heteroatoms. The maximum absolute atomic E-state index is 13.0. The Kier molecular flexibility index (Phi) is 3.94. The lowest BCUT2D eigenvalue weighted by Gasteiger charge is -2.10. The molecule has 0 bridgehead atoms. The molecule has 0 radical (unpaired) electrons. The molecular formula is C14H16FN3O. The highest BCUT2D eigenvalue weighted by molar-refractivity contribution is 5.90. The molecule has 2 rings (SSSR count). The zero-order chi connectivity index (χ0) is 13.8. The lowest BCUT2D eigenvalue weighted by molar-refractivity contribution is -0.116. The average Bonchev–Trinajstić information content (AvgIpc) is 2.76. The van der Waals surface area contributed by atoms with Crippen LogP contribution in [0.15, 0.2) is 36.7 Å². The first-order chi connectivity index (χ1) is 9.06. The number of nitrogens with one attached hydrogen (secondary N) is 1.